The summed E-state index contributed by atoms with van der Waals surface area (Å²) < 4.78 is 0. The minimum atomic E-state index is -0.809. The molecular formula is C19H28O2. The Kier molecular flexibility index (Phi) is 6.86. The second kappa shape index (κ2) is 8.16. The molecule has 1 rings (SSSR count). The standard InChI is InChI=1S/C19H28O2/c1-4-13-19(21,14-5-2)16-10-9-15-18(3,20)17-11-7-6-8-12-17/h4-8,11-12,20-21H,1-2,9-10,13-16H2,3H3. The van der Waals surface area contributed by atoms with Crippen LogP contribution in [0.1, 0.15) is 51.0 Å². The van der Waals surface area contributed by atoms with Crippen LogP contribution in [0.3, 0.4) is 0 Å². The zero-order chi connectivity index (χ0) is 15.8. The molecule has 0 bridgehead atoms. The van der Waals surface area contributed by atoms with Gasteiger partial charge in [-0.2, -0.15) is 0 Å². The largest absolute Gasteiger partial charge is 0.389 e. The second-order valence-corrected chi connectivity index (χ2v) is 6.06. The summed E-state index contributed by atoms with van der Waals surface area (Å²) in [6.45, 7) is 9.25. The van der Waals surface area contributed by atoms with Gasteiger partial charge in [0.25, 0.3) is 0 Å². The second-order valence-electron chi connectivity index (χ2n) is 6.06. The summed E-state index contributed by atoms with van der Waals surface area (Å²) in [6, 6.07) is 9.73. The molecule has 1 unspecified atom stereocenters. The molecule has 1 aromatic rings. The van der Waals surface area contributed by atoms with Crippen molar-refractivity contribution in [3.05, 3.63) is 61.2 Å². The fourth-order valence-electron chi connectivity index (χ4n) is 2.69. The Morgan fingerprint density at radius 3 is 2.00 bits per heavy atom. The van der Waals surface area contributed by atoms with Crippen molar-refractivity contribution in [3.8, 4) is 0 Å². The fourth-order valence-corrected chi connectivity index (χ4v) is 2.69. The van der Waals surface area contributed by atoms with Crippen LogP contribution >= 0.6 is 0 Å². The summed E-state index contributed by atoms with van der Waals surface area (Å²) in [6.07, 6.45) is 7.81. The van der Waals surface area contributed by atoms with Crippen molar-refractivity contribution >= 4 is 0 Å². The number of hydrogen-bond acceptors (Lipinski definition) is 2. The normalized spacial score (nSPS) is 14.4. The number of hydrogen-bond donors (Lipinski definition) is 2. The minimum absolute atomic E-state index is 0.577. The van der Waals surface area contributed by atoms with E-state index in [-0.39, 0.29) is 0 Å². The monoisotopic (exact) mass is 288 g/mol. The molecule has 0 aliphatic heterocycles. The molecule has 0 heterocycles. The van der Waals surface area contributed by atoms with Crippen LogP contribution in [-0.4, -0.2) is 15.8 Å². The molecule has 0 spiro atoms. The van der Waals surface area contributed by atoms with E-state index in [1.807, 2.05) is 37.3 Å². The van der Waals surface area contributed by atoms with Gasteiger partial charge in [-0.25, -0.2) is 0 Å². The molecule has 0 radical (unpaired) electrons. The van der Waals surface area contributed by atoms with Gasteiger partial charge in [0, 0.05) is 0 Å². The van der Waals surface area contributed by atoms with E-state index in [0.29, 0.717) is 25.7 Å². The first-order valence-electron chi connectivity index (χ1n) is 7.66. The van der Waals surface area contributed by atoms with Crippen molar-refractivity contribution in [3.63, 3.8) is 0 Å². The topological polar surface area (TPSA) is 40.5 Å². The molecule has 0 aromatic heterocycles. The highest BCUT2D eigenvalue weighted by atomic mass is 16.3. The van der Waals surface area contributed by atoms with E-state index in [9.17, 15) is 10.2 Å². The number of unbranched alkanes of at least 4 members (excludes halogenated alkanes) is 1. The van der Waals surface area contributed by atoms with Gasteiger partial charge in [-0.05, 0) is 38.2 Å². The summed E-state index contributed by atoms with van der Waals surface area (Å²) in [5, 5.41) is 21.0. The molecule has 0 saturated carbocycles. The SMILES string of the molecule is C=CCC(O)(CC=C)CCCCC(C)(O)c1ccccc1. The van der Waals surface area contributed by atoms with Crippen LogP contribution in [0.5, 0.6) is 0 Å². The number of benzene rings is 1. The number of rotatable bonds is 10. The van der Waals surface area contributed by atoms with Gasteiger partial charge in [-0.15, -0.1) is 13.2 Å². The number of aliphatic hydroxyl groups is 2. The van der Waals surface area contributed by atoms with Gasteiger partial charge in [0.2, 0.25) is 0 Å². The van der Waals surface area contributed by atoms with Crippen molar-refractivity contribution in [2.45, 2.75) is 56.7 Å². The molecule has 2 heteroatoms. The van der Waals surface area contributed by atoms with E-state index >= 15 is 0 Å². The molecule has 0 fully saturated rings. The Hall–Kier alpha value is -1.38. The van der Waals surface area contributed by atoms with Gasteiger partial charge in [0.05, 0.1) is 11.2 Å². The minimum Gasteiger partial charge on any atom is -0.389 e. The highest BCUT2D eigenvalue weighted by Crippen LogP contribution is 2.29. The van der Waals surface area contributed by atoms with Crippen LogP contribution in [0.4, 0.5) is 0 Å². The predicted octanol–water partition coefficient (Wildman–Crippen LogP) is 4.34. The van der Waals surface area contributed by atoms with Gasteiger partial charge in [-0.3, -0.25) is 0 Å². The molecule has 0 saturated heterocycles. The molecule has 0 aliphatic rings. The van der Waals surface area contributed by atoms with E-state index in [2.05, 4.69) is 13.2 Å². The maximum Gasteiger partial charge on any atom is 0.0868 e. The predicted molar refractivity (Wildman–Crippen MR) is 89.1 cm³/mol. The van der Waals surface area contributed by atoms with Crippen LogP contribution in [0, 0.1) is 0 Å². The zero-order valence-electron chi connectivity index (χ0n) is 13.1. The third kappa shape index (κ3) is 5.86. The summed E-state index contributed by atoms with van der Waals surface area (Å²) in [5.74, 6) is 0. The van der Waals surface area contributed by atoms with Crippen LogP contribution in [0.15, 0.2) is 55.6 Å². The average molecular weight is 288 g/mol. The molecule has 2 N–H and O–H groups in total. The quantitative estimate of drug-likeness (QED) is 0.497. The Morgan fingerprint density at radius 2 is 1.48 bits per heavy atom. The van der Waals surface area contributed by atoms with Crippen LogP contribution < -0.4 is 0 Å². The van der Waals surface area contributed by atoms with E-state index < -0.39 is 11.2 Å². The van der Waals surface area contributed by atoms with Gasteiger partial charge >= 0.3 is 0 Å². The lowest BCUT2D eigenvalue weighted by atomic mass is 9.86. The Bertz CT molecular complexity index is 424. The van der Waals surface area contributed by atoms with Crippen LogP contribution in [0.2, 0.25) is 0 Å². The lowest BCUT2D eigenvalue weighted by molar-refractivity contribution is 0.0242. The molecule has 2 nitrogen and oxygen atoms in total. The van der Waals surface area contributed by atoms with Crippen LogP contribution in [0.25, 0.3) is 0 Å². The summed E-state index contributed by atoms with van der Waals surface area (Å²) in [4.78, 5) is 0. The molecule has 21 heavy (non-hydrogen) atoms. The van der Waals surface area contributed by atoms with Crippen molar-refractivity contribution in [1.29, 1.82) is 0 Å². The Labute approximate surface area is 128 Å². The lowest BCUT2D eigenvalue weighted by Gasteiger charge is -2.27. The van der Waals surface area contributed by atoms with Crippen molar-refractivity contribution in [2.24, 2.45) is 0 Å². The Balaban J connectivity index is 2.45. The highest BCUT2D eigenvalue weighted by Gasteiger charge is 2.25. The van der Waals surface area contributed by atoms with Crippen molar-refractivity contribution in [2.75, 3.05) is 0 Å². The summed E-state index contributed by atoms with van der Waals surface area (Å²) in [5.41, 5.74) is -0.601. The molecule has 1 aromatic carbocycles. The van der Waals surface area contributed by atoms with Gasteiger partial charge in [0.15, 0.2) is 0 Å². The van der Waals surface area contributed by atoms with Crippen molar-refractivity contribution in [1.82, 2.24) is 0 Å². The maximum atomic E-state index is 10.5. The smallest absolute Gasteiger partial charge is 0.0868 e. The summed E-state index contributed by atoms with van der Waals surface area (Å²) >= 11 is 0. The van der Waals surface area contributed by atoms with E-state index in [1.165, 1.54) is 0 Å². The molecule has 116 valence electrons. The van der Waals surface area contributed by atoms with Crippen molar-refractivity contribution < 1.29 is 10.2 Å². The van der Waals surface area contributed by atoms with E-state index in [4.69, 9.17) is 0 Å². The molecule has 1 atom stereocenters. The first-order chi connectivity index (χ1) is 9.93. The third-order valence-electron chi connectivity index (χ3n) is 4.00. The molecule has 0 amide bonds. The average Bonchev–Trinajstić information content (AvgIpc) is 2.45. The highest BCUT2D eigenvalue weighted by molar-refractivity contribution is 5.21. The first-order valence-corrected chi connectivity index (χ1v) is 7.66. The summed E-state index contributed by atoms with van der Waals surface area (Å²) in [7, 11) is 0. The third-order valence-corrected chi connectivity index (χ3v) is 4.00. The molecule has 0 aliphatic carbocycles. The maximum absolute atomic E-state index is 10.5. The lowest BCUT2D eigenvalue weighted by Crippen LogP contribution is -2.27. The van der Waals surface area contributed by atoms with Gasteiger partial charge in [0.1, 0.15) is 0 Å². The molecular weight excluding hydrogens is 260 g/mol. The zero-order valence-corrected chi connectivity index (χ0v) is 13.1. The fraction of sp³-hybridized carbons (Fsp3) is 0.474. The van der Waals surface area contributed by atoms with Gasteiger partial charge < -0.3 is 10.2 Å². The van der Waals surface area contributed by atoms with Crippen LogP contribution in [-0.2, 0) is 5.60 Å². The van der Waals surface area contributed by atoms with Gasteiger partial charge in [-0.1, -0.05) is 55.3 Å². The Morgan fingerprint density at radius 1 is 0.952 bits per heavy atom. The van der Waals surface area contributed by atoms with E-state index in [0.717, 1.165) is 18.4 Å². The first kappa shape index (κ1) is 17.7. The van der Waals surface area contributed by atoms with E-state index in [1.54, 1.807) is 12.2 Å².